The number of halogens is 2. The lowest BCUT2D eigenvalue weighted by Gasteiger charge is -2.08. The lowest BCUT2D eigenvalue weighted by atomic mass is 10.1. The molecular formula is C15H12BrClN2. The molecule has 0 atom stereocenters. The Kier molecular flexibility index (Phi) is 3.49. The molecule has 2 N–H and O–H groups in total. The summed E-state index contributed by atoms with van der Waals surface area (Å²) < 4.78 is 0.902. The predicted octanol–water partition coefficient (Wildman–Crippen LogP) is 5.20. The maximum absolute atomic E-state index is 5.98. The topological polar surface area (TPSA) is 27.8 Å². The second-order valence-corrected chi connectivity index (χ2v) is 5.60. The van der Waals surface area contributed by atoms with Crippen molar-refractivity contribution >= 4 is 44.1 Å². The molecule has 0 fully saturated rings. The summed E-state index contributed by atoms with van der Waals surface area (Å²) in [6, 6.07) is 14.2. The summed E-state index contributed by atoms with van der Waals surface area (Å²) in [6.45, 7) is 0.781. The Balaban J connectivity index is 1.82. The van der Waals surface area contributed by atoms with Gasteiger partial charge in [-0.15, -0.1) is 0 Å². The molecular weight excluding hydrogens is 324 g/mol. The lowest BCUT2D eigenvalue weighted by molar-refractivity contribution is 1.17. The molecule has 3 aromatic rings. The van der Waals surface area contributed by atoms with Gasteiger partial charge in [0.05, 0.1) is 5.02 Å². The van der Waals surface area contributed by atoms with Crippen molar-refractivity contribution < 1.29 is 0 Å². The average Bonchev–Trinajstić information content (AvgIpc) is 2.89. The molecule has 1 heterocycles. The lowest BCUT2D eigenvalue weighted by Crippen LogP contribution is -1.99. The molecule has 19 heavy (non-hydrogen) atoms. The zero-order chi connectivity index (χ0) is 13.2. The van der Waals surface area contributed by atoms with Crippen LogP contribution in [0, 0.1) is 0 Å². The van der Waals surface area contributed by atoms with Gasteiger partial charge in [0, 0.05) is 33.8 Å². The fourth-order valence-corrected chi connectivity index (χ4v) is 2.60. The quantitative estimate of drug-likeness (QED) is 0.677. The van der Waals surface area contributed by atoms with Crippen LogP contribution in [0.15, 0.2) is 53.1 Å². The molecule has 3 rings (SSSR count). The maximum atomic E-state index is 5.98. The first-order valence-corrected chi connectivity index (χ1v) is 7.15. The molecule has 0 saturated heterocycles. The van der Waals surface area contributed by atoms with Crippen LogP contribution >= 0.6 is 27.5 Å². The van der Waals surface area contributed by atoms with Gasteiger partial charge < -0.3 is 10.3 Å². The van der Waals surface area contributed by atoms with E-state index in [-0.39, 0.29) is 0 Å². The number of benzene rings is 2. The Morgan fingerprint density at radius 3 is 2.89 bits per heavy atom. The van der Waals surface area contributed by atoms with Crippen molar-refractivity contribution in [1.29, 1.82) is 0 Å². The van der Waals surface area contributed by atoms with Crippen LogP contribution in [0.25, 0.3) is 10.9 Å². The molecule has 1 aromatic heterocycles. The molecule has 0 aliphatic rings. The van der Waals surface area contributed by atoms with Crippen LogP contribution < -0.4 is 5.32 Å². The van der Waals surface area contributed by atoms with E-state index in [1.54, 1.807) is 0 Å². The fraction of sp³-hybridized carbons (Fsp3) is 0.0667. The van der Waals surface area contributed by atoms with E-state index < -0.39 is 0 Å². The van der Waals surface area contributed by atoms with Crippen LogP contribution in [0.4, 0.5) is 5.69 Å². The summed E-state index contributed by atoms with van der Waals surface area (Å²) in [4.78, 5) is 3.22. The number of nitrogens with one attached hydrogen (secondary N) is 2. The van der Waals surface area contributed by atoms with Crippen LogP contribution in [0.1, 0.15) is 5.56 Å². The molecule has 2 nitrogen and oxygen atoms in total. The standard InChI is InChI=1S/C15H12BrClN2/c16-13-8-11(4-5-14(13)17)19-9-10-2-1-3-15-12(10)6-7-18-15/h1-8,18-19H,9H2. The van der Waals surface area contributed by atoms with Crippen molar-refractivity contribution in [3.63, 3.8) is 0 Å². The molecule has 0 aliphatic heterocycles. The number of rotatable bonds is 3. The Morgan fingerprint density at radius 2 is 2.05 bits per heavy atom. The van der Waals surface area contributed by atoms with Gasteiger partial charge in [0.15, 0.2) is 0 Å². The SMILES string of the molecule is Clc1ccc(NCc2cccc3[nH]ccc23)cc1Br. The van der Waals surface area contributed by atoms with Crippen LogP contribution in [0.3, 0.4) is 0 Å². The summed E-state index contributed by atoms with van der Waals surface area (Å²) in [6.07, 6.45) is 1.97. The summed E-state index contributed by atoms with van der Waals surface area (Å²) >= 11 is 9.41. The van der Waals surface area contributed by atoms with Gasteiger partial charge in [-0.05, 0) is 51.8 Å². The van der Waals surface area contributed by atoms with Crippen molar-refractivity contribution in [2.75, 3.05) is 5.32 Å². The minimum Gasteiger partial charge on any atom is -0.381 e. The summed E-state index contributed by atoms with van der Waals surface area (Å²) in [5.41, 5.74) is 3.48. The molecule has 0 spiro atoms. The number of aromatic amines is 1. The first kappa shape index (κ1) is 12.6. The largest absolute Gasteiger partial charge is 0.381 e. The van der Waals surface area contributed by atoms with Crippen molar-refractivity contribution in [1.82, 2.24) is 4.98 Å². The van der Waals surface area contributed by atoms with Crippen LogP contribution in [0.5, 0.6) is 0 Å². The third-order valence-corrected chi connectivity index (χ3v) is 4.30. The number of hydrogen-bond donors (Lipinski definition) is 2. The van der Waals surface area contributed by atoms with Crippen LogP contribution in [-0.2, 0) is 6.54 Å². The zero-order valence-electron chi connectivity index (χ0n) is 10.1. The van der Waals surface area contributed by atoms with Gasteiger partial charge in [0.1, 0.15) is 0 Å². The molecule has 4 heteroatoms. The minimum atomic E-state index is 0.721. The van der Waals surface area contributed by atoms with Crippen molar-refractivity contribution in [2.24, 2.45) is 0 Å². The highest BCUT2D eigenvalue weighted by atomic mass is 79.9. The molecule has 0 amide bonds. The van der Waals surface area contributed by atoms with Gasteiger partial charge in [0.25, 0.3) is 0 Å². The van der Waals surface area contributed by atoms with Crippen molar-refractivity contribution in [2.45, 2.75) is 6.54 Å². The molecule has 0 bridgehead atoms. The van der Waals surface area contributed by atoms with Crippen LogP contribution in [-0.4, -0.2) is 4.98 Å². The van der Waals surface area contributed by atoms with Gasteiger partial charge in [-0.1, -0.05) is 23.7 Å². The van der Waals surface area contributed by atoms with Crippen LogP contribution in [0.2, 0.25) is 5.02 Å². The number of fused-ring (bicyclic) bond motifs is 1. The first-order chi connectivity index (χ1) is 9.24. The normalized spacial score (nSPS) is 10.8. The smallest absolute Gasteiger partial charge is 0.0549 e. The first-order valence-electron chi connectivity index (χ1n) is 5.98. The summed E-state index contributed by atoms with van der Waals surface area (Å²) in [5, 5.41) is 5.38. The van der Waals surface area contributed by atoms with E-state index in [9.17, 15) is 0 Å². The molecule has 2 aromatic carbocycles. The number of aromatic nitrogens is 1. The van der Waals surface area contributed by atoms with Gasteiger partial charge >= 0.3 is 0 Å². The monoisotopic (exact) mass is 334 g/mol. The minimum absolute atomic E-state index is 0.721. The molecule has 0 saturated carbocycles. The number of H-pyrrole nitrogens is 1. The third kappa shape index (κ3) is 2.62. The zero-order valence-corrected chi connectivity index (χ0v) is 12.4. The third-order valence-electron chi connectivity index (χ3n) is 3.09. The van der Waals surface area contributed by atoms with Gasteiger partial charge in [-0.25, -0.2) is 0 Å². The summed E-state index contributed by atoms with van der Waals surface area (Å²) in [7, 11) is 0. The highest BCUT2D eigenvalue weighted by Crippen LogP contribution is 2.26. The Bertz CT molecular complexity index is 721. The number of anilines is 1. The second-order valence-electron chi connectivity index (χ2n) is 4.34. The molecule has 96 valence electrons. The van der Waals surface area contributed by atoms with E-state index >= 15 is 0 Å². The predicted molar refractivity (Wildman–Crippen MR) is 84.8 cm³/mol. The Hall–Kier alpha value is -1.45. The van der Waals surface area contributed by atoms with Crippen molar-refractivity contribution in [3.8, 4) is 0 Å². The van der Waals surface area contributed by atoms with Gasteiger partial charge in [-0.2, -0.15) is 0 Å². The van der Waals surface area contributed by atoms with Crippen molar-refractivity contribution in [3.05, 3.63) is 63.7 Å². The van der Waals surface area contributed by atoms with E-state index in [2.05, 4.69) is 50.5 Å². The van der Waals surface area contributed by atoms with E-state index in [0.29, 0.717) is 0 Å². The van der Waals surface area contributed by atoms with E-state index in [1.807, 2.05) is 24.4 Å². The Morgan fingerprint density at radius 1 is 1.16 bits per heavy atom. The van der Waals surface area contributed by atoms with E-state index in [1.165, 1.54) is 10.9 Å². The molecule has 0 radical (unpaired) electrons. The fourth-order valence-electron chi connectivity index (χ4n) is 2.11. The summed E-state index contributed by atoms with van der Waals surface area (Å²) in [5.74, 6) is 0. The van der Waals surface area contributed by atoms with E-state index in [0.717, 1.165) is 27.2 Å². The highest BCUT2D eigenvalue weighted by molar-refractivity contribution is 9.10. The number of hydrogen-bond acceptors (Lipinski definition) is 1. The maximum Gasteiger partial charge on any atom is 0.0549 e. The van der Waals surface area contributed by atoms with E-state index in [4.69, 9.17) is 11.6 Å². The van der Waals surface area contributed by atoms with Gasteiger partial charge in [0.2, 0.25) is 0 Å². The van der Waals surface area contributed by atoms with Gasteiger partial charge in [-0.3, -0.25) is 0 Å². The molecule has 0 aliphatic carbocycles. The molecule has 0 unspecified atom stereocenters. The highest BCUT2D eigenvalue weighted by Gasteiger charge is 2.02. The average molecular weight is 336 g/mol. The Labute approximate surface area is 124 Å². The second kappa shape index (κ2) is 5.27.